The molecule has 158 valence electrons. The van der Waals surface area contributed by atoms with Gasteiger partial charge in [-0.2, -0.15) is 0 Å². The molecular weight excluding hydrogens is 384 g/mol. The Bertz CT molecular complexity index is 1070. The second kappa shape index (κ2) is 8.06. The summed E-state index contributed by atoms with van der Waals surface area (Å²) in [6, 6.07) is 9.07. The number of nitrogens with two attached hydrogens (primary N) is 1. The highest BCUT2D eigenvalue weighted by molar-refractivity contribution is 6.02. The third kappa shape index (κ3) is 3.77. The van der Waals surface area contributed by atoms with Gasteiger partial charge in [-0.15, -0.1) is 0 Å². The van der Waals surface area contributed by atoms with Gasteiger partial charge >= 0.3 is 0 Å². The number of aromatic nitrogens is 2. The molecule has 30 heavy (non-hydrogen) atoms. The lowest BCUT2D eigenvalue weighted by molar-refractivity contribution is -0.0253. The van der Waals surface area contributed by atoms with Crippen molar-refractivity contribution >= 4 is 11.6 Å². The van der Waals surface area contributed by atoms with E-state index in [1.165, 1.54) is 7.11 Å². The SMILES string of the molecule is COc1cccc(-c2cnc3cc(C(C)(O)CN4CCOCC4)ccn23)c1C(N)=O. The maximum Gasteiger partial charge on any atom is 0.253 e. The molecule has 1 atom stereocenters. The Hall–Kier alpha value is -2.94. The summed E-state index contributed by atoms with van der Waals surface area (Å²) in [6.07, 6.45) is 3.54. The van der Waals surface area contributed by atoms with E-state index in [-0.39, 0.29) is 0 Å². The van der Waals surface area contributed by atoms with E-state index in [4.69, 9.17) is 15.2 Å². The molecule has 1 aliphatic rings. The number of aliphatic hydroxyl groups is 1. The number of amides is 1. The molecule has 3 heterocycles. The Labute approximate surface area is 174 Å². The monoisotopic (exact) mass is 410 g/mol. The zero-order valence-electron chi connectivity index (χ0n) is 17.2. The molecule has 8 heteroatoms. The van der Waals surface area contributed by atoms with Gasteiger partial charge in [0, 0.05) is 31.4 Å². The van der Waals surface area contributed by atoms with Gasteiger partial charge in [-0.3, -0.25) is 14.1 Å². The van der Waals surface area contributed by atoms with Crippen LogP contribution in [0, 0.1) is 0 Å². The maximum absolute atomic E-state index is 12.1. The van der Waals surface area contributed by atoms with Gasteiger partial charge in [-0.1, -0.05) is 12.1 Å². The molecule has 1 amide bonds. The topological polar surface area (TPSA) is 102 Å². The first kappa shape index (κ1) is 20.3. The summed E-state index contributed by atoms with van der Waals surface area (Å²) in [7, 11) is 1.50. The first-order valence-electron chi connectivity index (χ1n) is 9.88. The van der Waals surface area contributed by atoms with Gasteiger partial charge in [-0.25, -0.2) is 4.98 Å². The van der Waals surface area contributed by atoms with Crippen LogP contribution >= 0.6 is 0 Å². The van der Waals surface area contributed by atoms with Crippen molar-refractivity contribution in [2.45, 2.75) is 12.5 Å². The first-order chi connectivity index (χ1) is 14.4. The van der Waals surface area contributed by atoms with Crippen molar-refractivity contribution in [2.75, 3.05) is 40.0 Å². The maximum atomic E-state index is 12.1. The van der Waals surface area contributed by atoms with Crippen molar-refractivity contribution in [3.63, 3.8) is 0 Å². The van der Waals surface area contributed by atoms with Crippen LogP contribution in [0.4, 0.5) is 0 Å². The zero-order valence-corrected chi connectivity index (χ0v) is 17.2. The molecule has 4 rings (SSSR count). The summed E-state index contributed by atoms with van der Waals surface area (Å²) in [5.41, 5.74) is 7.71. The first-order valence-corrected chi connectivity index (χ1v) is 9.88. The summed E-state index contributed by atoms with van der Waals surface area (Å²) >= 11 is 0. The lowest BCUT2D eigenvalue weighted by atomic mass is 9.96. The van der Waals surface area contributed by atoms with E-state index in [1.54, 1.807) is 12.3 Å². The lowest BCUT2D eigenvalue weighted by Crippen LogP contribution is -2.44. The van der Waals surface area contributed by atoms with E-state index < -0.39 is 11.5 Å². The zero-order chi connectivity index (χ0) is 21.3. The number of morpholine rings is 1. The number of β-amino-alcohol motifs (C(OH)–C–C–N with tert-alkyl or cyclic N) is 1. The Balaban J connectivity index is 1.71. The van der Waals surface area contributed by atoms with Crippen LogP contribution < -0.4 is 10.5 Å². The molecule has 1 saturated heterocycles. The molecule has 0 saturated carbocycles. The number of rotatable bonds is 6. The number of primary amides is 1. The summed E-state index contributed by atoms with van der Waals surface area (Å²) in [4.78, 5) is 18.8. The molecule has 0 bridgehead atoms. The molecule has 1 fully saturated rings. The molecule has 3 aromatic rings. The third-order valence-electron chi connectivity index (χ3n) is 5.54. The molecule has 0 spiro atoms. The van der Waals surface area contributed by atoms with Crippen LogP contribution in [-0.4, -0.2) is 65.3 Å². The fourth-order valence-electron chi connectivity index (χ4n) is 3.97. The van der Waals surface area contributed by atoms with Gasteiger partial charge in [0.25, 0.3) is 5.91 Å². The lowest BCUT2D eigenvalue weighted by Gasteiger charge is -2.34. The molecule has 2 aromatic heterocycles. The number of ether oxygens (including phenoxy) is 2. The average Bonchev–Trinajstić information content (AvgIpc) is 3.16. The molecule has 1 aromatic carbocycles. The number of imidazole rings is 1. The summed E-state index contributed by atoms with van der Waals surface area (Å²) in [5, 5.41) is 11.1. The van der Waals surface area contributed by atoms with E-state index in [1.807, 2.05) is 41.8 Å². The smallest absolute Gasteiger partial charge is 0.253 e. The fourth-order valence-corrected chi connectivity index (χ4v) is 3.97. The highest BCUT2D eigenvalue weighted by Gasteiger charge is 2.28. The number of carbonyl (C=O) groups is 1. The number of carbonyl (C=O) groups excluding carboxylic acids is 1. The second-order valence-corrected chi connectivity index (χ2v) is 7.70. The predicted molar refractivity (Wildman–Crippen MR) is 113 cm³/mol. The molecule has 0 aliphatic carbocycles. The third-order valence-corrected chi connectivity index (χ3v) is 5.54. The minimum Gasteiger partial charge on any atom is -0.496 e. The van der Waals surface area contributed by atoms with Crippen LogP contribution in [0.3, 0.4) is 0 Å². The quantitative estimate of drug-likeness (QED) is 0.641. The van der Waals surface area contributed by atoms with Crippen LogP contribution in [-0.2, 0) is 10.3 Å². The minimum atomic E-state index is -1.03. The average molecular weight is 410 g/mol. The van der Waals surface area contributed by atoms with Gasteiger partial charge < -0.3 is 20.3 Å². The van der Waals surface area contributed by atoms with Crippen molar-refractivity contribution in [3.8, 4) is 17.0 Å². The fraction of sp³-hybridized carbons (Fsp3) is 0.364. The Kier molecular flexibility index (Phi) is 5.46. The van der Waals surface area contributed by atoms with Gasteiger partial charge in [0.1, 0.15) is 11.4 Å². The Morgan fingerprint density at radius 2 is 2.10 bits per heavy atom. The standard InChI is InChI=1S/C22H26N4O4/c1-22(28,14-25-8-10-30-11-9-25)15-6-7-26-17(13-24-19(26)12-15)16-4-3-5-18(29-2)20(16)21(23)27/h3-7,12-13,28H,8-11,14H2,1-2H3,(H2,23,27). The van der Waals surface area contributed by atoms with Gasteiger partial charge in [0.15, 0.2) is 0 Å². The van der Waals surface area contributed by atoms with E-state index in [0.717, 1.165) is 24.3 Å². The Morgan fingerprint density at radius 1 is 1.33 bits per heavy atom. The van der Waals surface area contributed by atoms with Crippen LogP contribution in [0.5, 0.6) is 5.75 Å². The molecular formula is C22H26N4O4. The molecule has 8 nitrogen and oxygen atoms in total. The Morgan fingerprint density at radius 3 is 2.80 bits per heavy atom. The molecule has 0 radical (unpaired) electrons. The largest absolute Gasteiger partial charge is 0.496 e. The minimum absolute atomic E-state index is 0.310. The number of fused-ring (bicyclic) bond motifs is 1. The van der Waals surface area contributed by atoms with E-state index in [2.05, 4.69) is 9.88 Å². The normalized spacial score (nSPS) is 17.0. The van der Waals surface area contributed by atoms with Gasteiger partial charge in [0.05, 0.1) is 43.4 Å². The van der Waals surface area contributed by atoms with Crippen LogP contribution in [0.25, 0.3) is 16.9 Å². The van der Waals surface area contributed by atoms with E-state index in [9.17, 15) is 9.90 Å². The van der Waals surface area contributed by atoms with Gasteiger partial charge in [-0.05, 0) is 30.7 Å². The molecule has 1 unspecified atom stereocenters. The predicted octanol–water partition coefficient (Wildman–Crippen LogP) is 1.65. The van der Waals surface area contributed by atoms with Crippen molar-refractivity contribution in [1.82, 2.24) is 14.3 Å². The number of benzene rings is 1. The van der Waals surface area contributed by atoms with E-state index >= 15 is 0 Å². The number of hydrogen-bond donors (Lipinski definition) is 2. The second-order valence-electron chi connectivity index (χ2n) is 7.70. The number of nitrogens with zero attached hydrogens (tertiary/aromatic N) is 3. The summed E-state index contributed by atoms with van der Waals surface area (Å²) in [6.45, 7) is 5.30. The van der Waals surface area contributed by atoms with Crippen LogP contribution in [0.2, 0.25) is 0 Å². The highest BCUT2D eigenvalue weighted by Crippen LogP contribution is 2.32. The van der Waals surface area contributed by atoms with Crippen molar-refractivity contribution in [1.29, 1.82) is 0 Å². The van der Waals surface area contributed by atoms with Crippen LogP contribution in [0.1, 0.15) is 22.8 Å². The summed E-state index contributed by atoms with van der Waals surface area (Å²) in [5.74, 6) is -0.150. The van der Waals surface area contributed by atoms with E-state index in [0.29, 0.717) is 42.3 Å². The van der Waals surface area contributed by atoms with Crippen molar-refractivity contribution < 1.29 is 19.4 Å². The van der Waals surface area contributed by atoms with Crippen molar-refractivity contribution in [3.05, 3.63) is 53.9 Å². The summed E-state index contributed by atoms with van der Waals surface area (Å²) < 4.78 is 12.6. The molecule has 3 N–H and O–H groups in total. The number of hydrogen-bond acceptors (Lipinski definition) is 6. The molecule has 1 aliphatic heterocycles. The number of pyridine rings is 1. The van der Waals surface area contributed by atoms with Gasteiger partial charge in [0.2, 0.25) is 0 Å². The van der Waals surface area contributed by atoms with Crippen LogP contribution in [0.15, 0.2) is 42.7 Å². The highest BCUT2D eigenvalue weighted by atomic mass is 16.5. The van der Waals surface area contributed by atoms with Crippen molar-refractivity contribution in [2.24, 2.45) is 5.73 Å². The number of methoxy groups -OCH3 is 1.